The van der Waals surface area contributed by atoms with Gasteiger partial charge in [0.1, 0.15) is 4.88 Å². The Hall–Kier alpha value is -1.47. The van der Waals surface area contributed by atoms with Crippen molar-refractivity contribution in [3.63, 3.8) is 0 Å². The van der Waals surface area contributed by atoms with Crippen molar-refractivity contribution in [2.45, 2.75) is 40.5 Å². The summed E-state index contributed by atoms with van der Waals surface area (Å²) in [6.07, 6.45) is 1.47. The van der Waals surface area contributed by atoms with Gasteiger partial charge in [-0.25, -0.2) is 4.98 Å². The number of carbonyl (C=O) groups is 2. The second-order valence-electron chi connectivity index (χ2n) is 5.42. The lowest BCUT2D eigenvalue weighted by Gasteiger charge is -2.24. The van der Waals surface area contributed by atoms with Gasteiger partial charge in [-0.2, -0.15) is 0 Å². The first-order chi connectivity index (χ1) is 10.9. The van der Waals surface area contributed by atoms with Crippen LogP contribution in [0.4, 0.5) is 0 Å². The number of carbonyl (C=O) groups excluding carboxylic acids is 1. The summed E-state index contributed by atoms with van der Waals surface area (Å²) in [5, 5.41) is 10.0. The normalized spacial score (nSPS) is 12.2. The fourth-order valence-electron chi connectivity index (χ4n) is 2.13. The van der Waals surface area contributed by atoms with Gasteiger partial charge in [-0.15, -0.1) is 11.3 Å². The summed E-state index contributed by atoms with van der Waals surface area (Å²) in [6.45, 7) is 9.22. The Balaban J connectivity index is 2.85. The van der Waals surface area contributed by atoms with Crippen LogP contribution in [0.2, 0.25) is 0 Å². The number of thiazole rings is 1. The van der Waals surface area contributed by atoms with Gasteiger partial charge < -0.3 is 14.7 Å². The number of aliphatic carboxylic acids is 1. The fourth-order valence-corrected chi connectivity index (χ4v) is 3.10. The van der Waals surface area contributed by atoms with E-state index in [-0.39, 0.29) is 12.5 Å². The van der Waals surface area contributed by atoms with Crippen molar-refractivity contribution in [2.24, 2.45) is 5.92 Å². The first-order valence-corrected chi connectivity index (χ1v) is 8.78. The van der Waals surface area contributed by atoms with Gasteiger partial charge in [-0.1, -0.05) is 13.8 Å². The zero-order chi connectivity index (χ0) is 17.4. The van der Waals surface area contributed by atoms with E-state index in [2.05, 4.69) is 4.98 Å². The van der Waals surface area contributed by atoms with Crippen LogP contribution in [0.15, 0.2) is 0 Å². The number of amides is 1. The van der Waals surface area contributed by atoms with E-state index in [4.69, 9.17) is 9.84 Å². The Bertz CT molecular complexity index is 530. The number of hydrogen-bond donors (Lipinski definition) is 1. The topological polar surface area (TPSA) is 79.7 Å². The zero-order valence-corrected chi connectivity index (χ0v) is 15.1. The molecule has 7 heteroatoms. The highest BCUT2D eigenvalue weighted by Gasteiger charge is 2.24. The first kappa shape index (κ1) is 19.6. The molecule has 0 aliphatic heterocycles. The van der Waals surface area contributed by atoms with Crippen LogP contribution in [-0.2, 0) is 16.0 Å². The van der Waals surface area contributed by atoms with Crippen molar-refractivity contribution in [3.8, 4) is 0 Å². The van der Waals surface area contributed by atoms with Crippen LogP contribution < -0.4 is 0 Å². The van der Waals surface area contributed by atoms with Gasteiger partial charge >= 0.3 is 5.97 Å². The lowest BCUT2D eigenvalue weighted by molar-refractivity contribution is -0.141. The molecule has 0 aromatic carbocycles. The van der Waals surface area contributed by atoms with E-state index in [1.165, 1.54) is 11.3 Å². The molecule has 1 rings (SSSR count). The van der Waals surface area contributed by atoms with Crippen LogP contribution in [0.25, 0.3) is 0 Å². The molecule has 130 valence electrons. The largest absolute Gasteiger partial charge is 0.481 e. The van der Waals surface area contributed by atoms with E-state index in [0.717, 1.165) is 17.1 Å². The number of carboxylic acid groups (broad SMARTS) is 1. The van der Waals surface area contributed by atoms with E-state index in [0.29, 0.717) is 31.1 Å². The SMILES string of the molecule is CCOCCCN(CC(C)C(=O)O)C(=O)c1sc(CC)nc1C. The third-order valence-electron chi connectivity index (χ3n) is 3.46. The number of aromatic nitrogens is 1. The van der Waals surface area contributed by atoms with Crippen LogP contribution in [0.3, 0.4) is 0 Å². The van der Waals surface area contributed by atoms with E-state index >= 15 is 0 Å². The van der Waals surface area contributed by atoms with E-state index in [9.17, 15) is 9.59 Å². The molecular formula is C16H26N2O4S. The van der Waals surface area contributed by atoms with Crippen LogP contribution in [0.5, 0.6) is 0 Å². The number of ether oxygens (including phenoxy) is 1. The molecule has 0 radical (unpaired) electrons. The smallest absolute Gasteiger partial charge is 0.308 e. The molecule has 1 atom stereocenters. The van der Waals surface area contributed by atoms with Gasteiger partial charge in [0.2, 0.25) is 0 Å². The average Bonchev–Trinajstić information content (AvgIpc) is 2.90. The van der Waals surface area contributed by atoms with E-state index in [1.54, 1.807) is 11.8 Å². The molecule has 1 N–H and O–H groups in total. The Kier molecular flexibility index (Phi) is 8.19. The molecule has 1 unspecified atom stereocenters. The molecule has 23 heavy (non-hydrogen) atoms. The van der Waals surface area contributed by atoms with Gasteiger partial charge in [-0.05, 0) is 26.7 Å². The number of rotatable bonds is 10. The summed E-state index contributed by atoms with van der Waals surface area (Å²) >= 11 is 1.39. The summed E-state index contributed by atoms with van der Waals surface area (Å²) in [5.74, 6) is -1.64. The maximum atomic E-state index is 12.8. The number of hydrogen-bond acceptors (Lipinski definition) is 5. The predicted molar refractivity (Wildman–Crippen MR) is 90.0 cm³/mol. The van der Waals surface area contributed by atoms with Gasteiger partial charge in [0.15, 0.2) is 0 Å². The summed E-state index contributed by atoms with van der Waals surface area (Å²) < 4.78 is 5.30. The number of carboxylic acids is 1. The number of nitrogens with zero attached hydrogens (tertiary/aromatic N) is 2. The number of aryl methyl sites for hydroxylation is 2. The Morgan fingerprint density at radius 1 is 1.39 bits per heavy atom. The van der Waals surface area contributed by atoms with Gasteiger partial charge in [0.25, 0.3) is 5.91 Å². The zero-order valence-electron chi connectivity index (χ0n) is 14.3. The van der Waals surface area contributed by atoms with Crippen molar-refractivity contribution in [2.75, 3.05) is 26.3 Å². The van der Waals surface area contributed by atoms with Crippen molar-refractivity contribution in [1.29, 1.82) is 0 Å². The molecule has 0 aliphatic carbocycles. The highest BCUT2D eigenvalue weighted by molar-refractivity contribution is 7.13. The van der Waals surface area contributed by atoms with Gasteiger partial charge in [0, 0.05) is 26.3 Å². The van der Waals surface area contributed by atoms with E-state index in [1.807, 2.05) is 20.8 Å². The van der Waals surface area contributed by atoms with Gasteiger partial charge in [-0.3, -0.25) is 9.59 Å². The molecule has 1 heterocycles. The quantitative estimate of drug-likeness (QED) is 0.661. The second kappa shape index (κ2) is 9.62. The van der Waals surface area contributed by atoms with Crippen molar-refractivity contribution in [3.05, 3.63) is 15.6 Å². The van der Waals surface area contributed by atoms with Crippen LogP contribution in [0.1, 0.15) is 47.6 Å². The molecule has 1 aromatic heterocycles. The summed E-state index contributed by atoms with van der Waals surface area (Å²) in [5.41, 5.74) is 0.717. The molecular weight excluding hydrogens is 316 g/mol. The summed E-state index contributed by atoms with van der Waals surface area (Å²) in [7, 11) is 0. The summed E-state index contributed by atoms with van der Waals surface area (Å²) in [4.78, 5) is 30.5. The molecule has 1 aromatic rings. The minimum atomic E-state index is -0.900. The third kappa shape index (κ3) is 5.91. The van der Waals surface area contributed by atoms with Crippen molar-refractivity contribution in [1.82, 2.24) is 9.88 Å². The first-order valence-electron chi connectivity index (χ1n) is 7.96. The lowest BCUT2D eigenvalue weighted by atomic mass is 10.1. The van der Waals surface area contributed by atoms with Crippen LogP contribution >= 0.6 is 11.3 Å². The molecule has 1 amide bonds. The Morgan fingerprint density at radius 3 is 2.61 bits per heavy atom. The standard InChI is InChI=1S/C16H26N2O4S/c1-5-13-17-12(4)14(23-13)15(19)18(8-7-9-22-6-2)10-11(3)16(20)21/h11H,5-10H2,1-4H3,(H,20,21). The molecule has 0 saturated heterocycles. The van der Waals surface area contributed by atoms with Crippen molar-refractivity contribution >= 4 is 23.2 Å². The fraction of sp³-hybridized carbons (Fsp3) is 0.688. The average molecular weight is 342 g/mol. The highest BCUT2D eigenvalue weighted by Crippen LogP contribution is 2.21. The highest BCUT2D eigenvalue weighted by atomic mass is 32.1. The maximum absolute atomic E-state index is 12.8. The van der Waals surface area contributed by atoms with Crippen LogP contribution in [0, 0.1) is 12.8 Å². The lowest BCUT2D eigenvalue weighted by Crippen LogP contribution is -2.38. The molecule has 0 bridgehead atoms. The second-order valence-corrected chi connectivity index (χ2v) is 6.50. The van der Waals surface area contributed by atoms with E-state index < -0.39 is 11.9 Å². The monoisotopic (exact) mass is 342 g/mol. The molecule has 6 nitrogen and oxygen atoms in total. The van der Waals surface area contributed by atoms with Crippen molar-refractivity contribution < 1.29 is 19.4 Å². The maximum Gasteiger partial charge on any atom is 0.308 e. The molecule has 0 spiro atoms. The minimum Gasteiger partial charge on any atom is -0.481 e. The summed E-state index contributed by atoms with van der Waals surface area (Å²) in [6, 6.07) is 0. The molecule has 0 saturated carbocycles. The third-order valence-corrected chi connectivity index (χ3v) is 4.75. The Labute approximate surface area is 141 Å². The molecule has 0 fully saturated rings. The Morgan fingerprint density at radius 2 is 2.09 bits per heavy atom. The molecule has 0 aliphatic rings. The predicted octanol–water partition coefficient (Wildman–Crippen LogP) is 2.60. The minimum absolute atomic E-state index is 0.135. The van der Waals surface area contributed by atoms with Crippen LogP contribution in [-0.4, -0.2) is 53.2 Å². The van der Waals surface area contributed by atoms with Gasteiger partial charge in [0.05, 0.1) is 16.6 Å².